The van der Waals surface area contributed by atoms with Gasteiger partial charge in [0, 0.05) is 31.4 Å². The predicted octanol–water partition coefficient (Wildman–Crippen LogP) is 1.59. The highest BCUT2D eigenvalue weighted by molar-refractivity contribution is 5.96. The number of amides is 3. The van der Waals surface area contributed by atoms with Crippen molar-refractivity contribution in [2.45, 2.75) is 13.3 Å². The van der Waals surface area contributed by atoms with Crippen LogP contribution in [0.5, 0.6) is 0 Å². The van der Waals surface area contributed by atoms with Crippen LogP contribution in [-0.4, -0.2) is 54.2 Å². The van der Waals surface area contributed by atoms with Crippen LogP contribution in [0.15, 0.2) is 24.3 Å². The lowest BCUT2D eigenvalue weighted by Crippen LogP contribution is -2.40. The average Bonchev–Trinajstić information content (AvgIpc) is 2.62. The molecule has 6 nitrogen and oxygen atoms in total. The van der Waals surface area contributed by atoms with Crippen molar-refractivity contribution in [3.05, 3.63) is 29.8 Å². The highest BCUT2D eigenvalue weighted by Gasteiger charge is 2.22. The quantitative estimate of drug-likeness (QED) is 0.840. The third-order valence-corrected chi connectivity index (χ3v) is 3.50. The number of Topliss-reactive ketones (excluding diaryl/α,β-unsaturated/α-hetero) is 1. The lowest BCUT2D eigenvalue weighted by molar-refractivity contribution is -0.129. The fraction of sp³-hybridized carbons (Fsp3) is 0.400. The van der Waals surface area contributed by atoms with E-state index in [1.54, 1.807) is 36.2 Å². The number of benzene rings is 1. The van der Waals surface area contributed by atoms with Gasteiger partial charge in [-0.1, -0.05) is 0 Å². The second-order valence-electron chi connectivity index (χ2n) is 5.15. The molecule has 6 heteroatoms. The molecule has 2 rings (SSSR count). The van der Waals surface area contributed by atoms with Crippen molar-refractivity contribution in [2.75, 3.05) is 32.0 Å². The summed E-state index contributed by atoms with van der Waals surface area (Å²) in [6, 6.07) is 6.40. The van der Waals surface area contributed by atoms with Gasteiger partial charge in [0.25, 0.3) is 0 Å². The molecule has 0 aliphatic carbocycles. The first kappa shape index (κ1) is 15.0. The first-order chi connectivity index (χ1) is 9.97. The van der Waals surface area contributed by atoms with Crippen molar-refractivity contribution in [1.82, 2.24) is 9.80 Å². The first-order valence-corrected chi connectivity index (χ1v) is 6.88. The maximum atomic E-state index is 12.2. The number of nitrogens with zero attached hydrogens (tertiary/aromatic N) is 2. The van der Waals surface area contributed by atoms with E-state index in [0.717, 1.165) is 6.42 Å². The molecule has 1 aliphatic heterocycles. The lowest BCUT2D eigenvalue weighted by Gasteiger charge is -2.20. The van der Waals surface area contributed by atoms with Crippen LogP contribution in [0, 0.1) is 0 Å². The second kappa shape index (κ2) is 6.39. The Morgan fingerprint density at radius 2 is 1.81 bits per heavy atom. The van der Waals surface area contributed by atoms with Crippen LogP contribution >= 0.6 is 0 Å². The Labute approximate surface area is 123 Å². The van der Waals surface area contributed by atoms with Gasteiger partial charge in [-0.25, -0.2) is 4.79 Å². The molecule has 21 heavy (non-hydrogen) atoms. The van der Waals surface area contributed by atoms with Gasteiger partial charge in [0.1, 0.15) is 6.54 Å². The van der Waals surface area contributed by atoms with Crippen LogP contribution in [0.25, 0.3) is 0 Å². The standard InChI is InChI=1S/C15H19N3O3/c1-11(19)12-4-6-13(7-5-12)16-15(21)18-9-3-8-17(2)14(20)10-18/h4-7H,3,8-10H2,1-2H3,(H,16,21). The summed E-state index contributed by atoms with van der Waals surface area (Å²) < 4.78 is 0. The van der Waals surface area contributed by atoms with Crippen molar-refractivity contribution in [2.24, 2.45) is 0 Å². The summed E-state index contributed by atoms with van der Waals surface area (Å²) >= 11 is 0. The zero-order valence-electron chi connectivity index (χ0n) is 12.3. The van der Waals surface area contributed by atoms with Gasteiger partial charge in [-0.3, -0.25) is 9.59 Å². The molecule has 1 aromatic carbocycles. The van der Waals surface area contributed by atoms with Crippen molar-refractivity contribution < 1.29 is 14.4 Å². The smallest absolute Gasteiger partial charge is 0.322 e. The number of urea groups is 1. The van der Waals surface area contributed by atoms with Gasteiger partial charge < -0.3 is 15.1 Å². The zero-order valence-corrected chi connectivity index (χ0v) is 12.3. The molecule has 1 aliphatic rings. The molecule has 112 valence electrons. The van der Waals surface area contributed by atoms with Gasteiger partial charge in [0.2, 0.25) is 5.91 Å². The van der Waals surface area contributed by atoms with E-state index in [1.165, 1.54) is 11.8 Å². The van der Waals surface area contributed by atoms with Crippen molar-refractivity contribution in [3.63, 3.8) is 0 Å². The molecule has 3 amide bonds. The normalized spacial score (nSPS) is 15.6. The number of likely N-dealkylation sites (N-methyl/N-ethyl adjacent to an activating group) is 1. The number of hydrogen-bond acceptors (Lipinski definition) is 3. The van der Waals surface area contributed by atoms with Crippen molar-refractivity contribution in [3.8, 4) is 0 Å². The molecule has 1 saturated heterocycles. The van der Waals surface area contributed by atoms with Crippen molar-refractivity contribution >= 4 is 23.4 Å². The SMILES string of the molecule is CC(=O)c1ccc(NC(=O)N2CCCN(C)C(=O)C2)cc1. The van der Waals surface area contributed by atoms with E-state index < -0.39 is 0 Å². The van der Waals surface area contributed by atoms with Crippen LogP contribution in [0.1, 0.15) is 23.7 Å². The van der Waals surface area contributed by atoms with Crippen LogP contribution in [-0.2, 0) is 4.79 Å². The monoisotopic (exact) mass is 289 g/mol. The fourth-order valence-corrected chi connectivity index (χ4v) is 2.15. The summed E-state index contributed by atoms with van der Waals surface area (Å²) in [4.78, 5) is 38.3. The Morgan fingerprint density at radius 1 is 1.14 bits per heavy atom. The van der Waals surface area contributed by atoms with E-state index in [1.807, 2.05) is 0 Å². The third kappa shape index (κ3) is 3.81. The Kier molecular flexibility index (Phi) is 4.57. The van der Waals surface area contributed by atoms with E-state index in [4.69, 9.17) is 0 Å². The molecular formula is C15H19N3O3. The molecule has 0 bridgehead atoms. The topological polar surface area (TPSA) is 69.7 Å². The highest BCUT2D eigenvalue weighted by Crippen LogP contribution is 2.12. The van der Waals surface area contributed by atoms with Gasteiger partial charge in [-0.15, -0.1) is 0 Å². The number of carbonyl (C=O) groups excluding carboxylic acids is 3. The molecule has 0 atom stereocenters. The molecule has 1 N–H and O–H groups in total. The van der Waals surface area contributed by atoms with Gasteiger partial charge in [0.05, 0.1) is 0 Å². The summed E-state index contributed by atoms with van der Waals surface area (Å²) in [5.41, 5.74) is 1.20. The van der Waals surface area contributed by atoms with Gasteiger partial charge in [-0.2, -0.15) is 0 Å². The van der Waals surface area contributed by atoms with Gasteiger partial charge in [0.15, 0.2) is 5.78 Å². The number of hydrogen-bond donors (Lipinski definition) is 1. The minimum atomic E-state index is -0.297. The van der Waals surface area contributed by atoms with Crippen LogP contribution in [0.4, 0.5) is 10.5 Å². The summed E-state index contributed by atoms with van der Waals surface area (Å²) in [6.07, 6.45) is 0.763. The average molecular weight is 289 g/mol. The first-order valence-electron chi connectivity index (χ1n) is 6.88. The number of ketones is 1. The molecule has 0 spiro atoms. The van der Waals surface area contributed by atoms with Crippen molar-refractivity contribution in [1.29, 1.82) is 0 Å². The van der Waals surface area contributed by atoms with E-state index in [-0.39, 0.29) is 24.3 Å². The maximum Gasteiger partial charge on any atom is 0.322 e. The van der Waals surface area contributed by atoms with E-state index in [2.05, 4.69) is 5.32 Å². The fourth-order valence-electron chi connectivity index (χ4n) is 2.15. The molecule has 1 heterocycles. The predicted molar refractivity (Wildman–Crippen MR) is 79.3 cm³/mol. The molecule has 0 unspecified atom stereocenters. The maximum absolute atomic E-state index is 12.2. The Balaban J connectivity index is 2.00. The van der Waals surface area contributed by atoms with Gasteiger partial charge in [-0.05, 0) is 37.6 Å². The summed E-state index contributed by atoms with van der Waals surface area (Å²) in [6.45, 7) is 2.80. The number of carbonyl (C=O) groups is 3. The largest absolute Gasteiger partial charge is 0.344 e. The third-order valence-electron chi connectivity index (χ3n) is 3.50. The van der Waals surface area contributed by atoms with E-state index >= 15 is 0 Å². The molecule has 1 fully saturated rings. The number of anilines is 1. The summed E-state index contributed by atoms with van der Waals surface area (Å²) in [5, 5.41) is 2.75. The van der Waals surface area contributed by atoms with E-state index in [9.17, 15) is 14.4 Å². The Morgan fingerprint density at radius 3 is 2.43 bits per heavy atom. The summed E-state index contributed by atoms with van der Waals surface area (Å²) in [7, 11) is 1.74. The Hall–Kier alpha value is -2.37. The van der Waals surface area contributed by atoms with Crippen LogP contribution in [0.3, 0.4) is 0 Å². The highest BCUT2D eigenvalue weighted by atomic mass is 16.2. The number of nitrogens with one attached hydrogen (secondary N) is 1. The minimum Gasteiger partial charge on any atom is -0.344 e. The minimum absolute atomic E-state index is 0.0194. The number of rotatable bonds is 2. The molecule has 0 aromatic heterocycles. The second-order valence-corrected chi connectivity index (χ2v) is 5.15. The Bertz CT molecular complexity index is 554. The zero-order chi connectivity index (χ0) is 15.4. The summed E-state index contributed by atoms with van der Waals surface area (Å²) in [5.74, 6) is -0.0800. The molecule has 1 aromatic rings. The van der Waals surface area contributed by atoms with E-state index in [0.29, 0.717) is 24.3 Å². The molecular weight excluding hydrogens is 270 g/mol. The van der Waals surface area contributed by atoms with Crippen LogP contribution < -0.4 is 5.32 Å². The molecule has 0 radical (unpaired) electrons. The lowest BCUT2D eigenvalue weighted by atomic mass is 10.1. The van der Waals surface area contributed by atoms with Crippen LogP contribution in [0.2, 0.25) is 0 Å². The van der Waals surface area contributed by atoms with Gasteiger partial charge >= 0.3 is 6.03 Å². The molecule has 0 saturated carbocycles.